The Labute approximate surface area is 327 Å². The van der Waals surface area contributed by atoms with Crippen LogP contribution in [0.15, 0.2) is 48.6 Å². The molecule has 1 aliphatic heterocycles. The summed E-state index contributed by atoms with van der Waals surface area (Å²) in [6.07, 6.45) is 33.2. The van der Waals surface area contributed by atoms with Gasteiger partial charge >= 0.3 is 11.9 Å². The van der Waals surface area contributed by atoms with Crippen LogP contribution < -0.4 is 0 Å². The summed E-state index contributed by atoms with van der Waals surface area (Å²) >= 11 is 0. The van der Waals surface area contributed by atoms with Gasteiger partial charge in [-0.3, -0.25) is 4.79 Å². The second kappa shape index (κ2) is 35.1. The van der Waals surface area contributed by atoms with Gasteiger partial charge in [0, 0.05) is 12.5 Å². The van der Waals surface area contributed by atoms with Crippen LogP contribution in [0.1, 0.15) is 162 Å². The molecule has 0 aromatic heterocycles. The number of ether oxygens (including phenoxy) is 4. The van der Waals surface area contributed by atoms with Crippen LogP contribution in [0.3, 0.4) is 0 Å². The molecule has 0 aliphatic carbocycles. The first-order valence-electron chi connectivity index (χ1n) is 21.2. The van der Waals surface area contributed by atoms with Gasteiger partial charge in [0.15, 0.2) is 12.4 Å². The lowest BCUT2D eigenvalue weighted by Gasteiger charge is -2.39. The molecule has 1 aliphatic rings. The van der Waals surface area contributed by atoms with Crippen molar-refractivity contribution >= 4 is 11.9 Å². The Morgan fingerprint density at radius 2 is 1.19 bits per heavy atom. The van der Waals surface area contributed by atoms with E-state index in [1.807, 2.05) is 12.2 Å². The minimum Gasteiger partial charge on any atom is -0.462 e. The lowest BCUT2D eigenvalue weighted by Crippen LogP contribution is -2.59. The van der Waals surface area contributed by atoms with Gasteiger partial charge < -0.3 is 39.4 Å². The summed E-state index contributed by atoms with van der Waals surface area (Å²) in [5.74, 6) is -1.08. The van der Waals surface area contributed by atoms with Gasteiger partial charge in [0.05, 0.1) is 13.2 Å². The second-order valence-corrected chi connectivity index (χ2v) is 14.5. The van der Waals surface area contributed by atoms with E-state index in [0.29, 0.717) is 6.42 Å². The number of aliphatic hydroxyl groups excluding tert-OH is 4. The molecule has 2 unspecified atom stereocenters. The van der Waals surface area contributed by atoms with Crippen LogP contribution in [0.2, 0.25) is 0 Å². The minimum absolute atomic E-state index is 0.238. The Morgan fingerprint density at radius 3 is 1.80 bits per heavy atom. The van der Waals surface area contributed by atoms with Gasteiger partial charge in [-0.25, -0.2) is 4.79 Å². The molecular weight excluding hydrogens is 688 g/mol. The first kappa shape index (κ1) is 49.7. The number of allylic oxidation sites excluding steroid dienone is 7. The maximum Gasteiger partial charge on any atom is 0.331 e. The molecule has 10 nitrogen and oxygen atoms in total. The molecule has 0 radical (unpaired) electrons. The Kier molecular flexibility index (Phi) is 32.3. The predicted octanol–water partition coefficient (Wildman–Crippen LogP) is 8.49. The molecule has 0 aromatic carbocycles. The summed E-state index contributed by atoms with van der Waals surface area (Å²) in [7, 11) is 0. The van der Waals surface area contributed by atoms with Gasteiger partial charge in [-0.05, 0) is 44.9 Å². The number of rotatable bonds is 34. The van der Waals surface area contributed by atoms with Crippen molar-refractivity contribution in [1.29, 1.82) is 0 Å². The molecule has 1 saturated heterocycles. The molecule has 0 saturated carbocycles. The van der Waals surface area contributed by atoms with Crippen molar-refractivity contribution in [2.75, 3.05) is 19.8 Å². The zero-order valence-electron chi connectivity index (χ0n) is 33.7. The highest BCUT2D eigenvalue weighted by Crippen LogP contribution is 2.22. The zero-order chi connectivity index (χ0) is 39.5. The number of hydrogen-bond acceptors (Lipinski definition) is 10. The summed E-state index contributed by atoms with van der Waals surface area (Å²) < 4.78 is 21.9. The van der Waals surface area contributed by atoms with E-state index < -0.39 is 55.4 Å². The topological polar surface area (TPSA) is 152 Å². The van der Waals surface area contributed by atoms with E-state index in [1.165, 1.54) is 83.1 Å². The van der Waals surface area contributed by atoms with E-state index in [1.54, 1.807) is 6.08 Å². The van der Waals surface area contributed by atoms with Crippen molar-refractivity contribution in [3.8, 4) is 0 Å². The fourth-order valence-corrected chi connectivity index (χ4v) is 6.11. The van der Waals surface area contributed by atoms with Crippen molar-refractivity contribution < 1.29 is 49.0 Å². The first-order valence-corrected chi connectivity index (χ1v) is 21.2. The summed E-state index contributed by atoms with van der Waals surface area (Å²) in [6, 6.07) is 0. The normalized spacial score (nSPS) is 21.2. The highest BCUT2D eigenvalue weighted by Gasteiger charge is 2.44. The number of carbonyl (C=O) groups excluding carboxylic acids is 2. The van der Waals surface area contributed by atoms with Crippen LogP contribution in [-0.4, -0.2) is 89.0 Å². The molecule has 0 bridgehead atoms. The van der Waals surface area contributed by atoms with E-state index in [4.69, 9.17) is 18.9 Å². The van der Waals surface area contributed by atoms with E-state index in [9.17, 15) is 30.0 Å². The number of hydrogen-bond donors (Lipinski definition) is 4. The molecule has 54 heavy (non-hydrogen) atoms. The van der Waals surface area contributed by atoms with Crippen molar-refractivity contribution in [2.45, 2.75) is 198 Å². The summed E-state index contributed by atoms with van der Waals surface area (Å²) in [6.45, 7) is 3.24. The average Bonchev–Trinajstić information content (AvgIpc) is 3.17. The molecule has 6 atom stereocenters. The minimum atomic E-state index is -1.61. The lowest BCUT2D eigenvalue weighted by molar-refractivity contribution is -0.305. The molecule has 1 heterocycles. The Hall–Kier alpha value is -2.34. The maximum absolute atomic E-state index is 12.6. The fourth-order valence-electron chi connectivity index (χ4n) is 6.11. The zero-order valence-corrected chi connectivity index (χ0v) is 33.7. The standard InChI is InChI=1S/C44H76O10/c1-3-5-7-9-11-13-15-17-19-21-23-25-27-29-31-33-40(47)53-37(36-52-44-43(50)42(49)41(48)38(34-45)54-44)35-51-39(46)32-30-28-26-24-22-20-18-16-14-12-10-8-6-4-2/h10,12,16,18,27,29,31,33,37-38,41-45,48-50H,3-9,11,13-15,17,19-26,28,30,32,34-36H2,1-2H3/b12-10+,18-16+,29-27+,33-31+/t37-,38-,41+,42?,43?,44-/m1/s1. The average molecular weight is 765 g/mol. The van der Waals surface area contributed by atoms with Gasteiger partial charge in [-0.1, -0.05) is 153 Å². The van der Waals surface area contributed by atoms with E-state index in [0.717, 1.165) is 57.8 Å². The summed E-state index contributed by atoms with van der Waals surface area (Å²) in [5.41, 5.74) is 0. The number of esters is 2. The van der Waals surface area contributed by atoms with Crippen LogP contribution in [0, 0.1) is 0 Å². The summed E-state index contributed by atoms with van der Waals surface area (Å²) in [5, 5.41) is 40.0. The third kappa shape index (κ3) is 26.5. The van der Waals surface area contributed by atoms with Gasteiger partial charge in [-0.2, -0.15) is 0 Å². The number of unbranched alkanes of at least 4 members (excludes halogenated alkanes) is 18. The second-order valence-electron chi connectivity index (χ2n) is 14.5. The van der Waals surface area contributed by atoms with E-state index >= 15 is 0 Å². The first-order chi connectivity index (χ1) is 26.3. The van der Waals surface area contributed by atoms with E-state index in [2.05, 4.69) is 38.2 Å². The molecule has 1 rings (SSSR count). The van der Waals surface area contributed by atoms with Crippen LogP contribution in [0.25, 0.3) is 0 Å². The SMILES string of the molecule is CCCC/C=C/C/C=C/CCCCCCCC(=O)OC[C@H](CO[C@@H]1O[C@H](CO)[C@H](O)C(O)C1O)OC(=O)/C=C/C=C/CCCCCCCCCCCCC. The quantitative estimate of drug-likeness (QED) is 0.0165. The smallest absolute Gasteiger partial charge is 0.331 e. The van der Waals surface area contributed by atoms with Crippen LogP contribution in [-0.2, 0) is 28.5 Å². The Morgan fingerprint density at radius 1 is 0.630 bits per heavy atom. The van der Waals surface area contributed by atoms with Crippen molar-refractivity contribution in [3.05, 3.63) is 48.6 Å². The molecule has 0 spiro atoms. The monoisotopic (exact) mass is 765 g/mol. The predicted molar refractivity (Wildman–Crippen MR) is 215 cm³/mol. The third-order valence-electron chi connectivity index (χ3n) is 9.54. The Bertz CT molecular complexity index is 1020. The van der Waals surface area contributed by atoms with Crippen molar-refractivity contribution in [3.63, 3.8) is 0 Å². The lowest BCUT2D eigenvalue weighted by atomic mass is 9.99. The highest BCUT2D eigenvalue weighted by molar-refractivity contribution is 5.82. The van der Waals surface area contributed by atoms with Gasteiger partial charge in [0.25, 0.3) is 0 Å². The molecule has 0 amide bonds. The highest BCUT2D eigenvalue weighted by atomic mass is 16.7. The van der Waals surface area contributed by atoms with Crippen molar-refractivity contribution in [1.82, 2.24) is 0 Å². The third-order valence-corrected chi connectivity index (χ3v) is 9.54. The molecular formula is C44H76O10. The van der Waals surface area contributed by atoms with Crippen molar-refractivity contribution in [2.24, 2.45) is 0 Å². The molecule has 10 heteroatoms. The summed E-state index contributed by atoms with van der Waals surface area (Å²) in [4.78, 5) is 25.1. The fraction of sp³-hybridized carbons (Fsp3) is 0.773. The number of carbonyl (C=O) groups is 2. The molecule has 4 N–H and O–H groups in total. The maximum atomic E-state index is 12.6. The van der Waals surface area contributed by atoms with Crippen LogP contribution >= 0.6 is 0 Å². The van der Waals surface area contributed by atoms with Crippen LogP contribution in [0.5, 0.6) is 0 Å². The molecule has 0 aromatic rings. The van der Waals surface area contributed by atoms with Gasteiger partial charge in [-0.15, -0.1) is 0 Å². The van der Waals surface area contributed by atoms with Gasteiger partial charge in [0.2, 0.25) is 0 Å². The molecule has 312 valence electrons. The number of aliphatic hydroxyl groups is 4. The largest absolute Gasteiger partial charge is 0.462 e. The molecule has 1 fully saturated rings. The Balaban J connectivity index is 2.43. The van der Waals surface area contributed by atoms with Crippen LogP contribution in [0.4, 0.5) is 0 Å². The van der Waals surface area contributed by atoms with E-state index in [-0.39, 0.29) is 19.6 Å². The van der Waals surface area contributed by atoms with Gasteiger partial charge in [0.1, 0.15) is 31.0 Å².